The lowest BCUT2D eigenvalue weighted by Gasteiger charge is -2.05. The van der Waals surface area contributed by atoms with Crippen LogP contribution < -0.4 is 5.32 Å². The Kier molecular flexibility index (Phi) is 3.17. The highest BCUT2D eigenvalue weighted by Gasteiger charge is 2.13. The number of nitrogens with one attached hydrogen (secondary N) is 2. The number of aromatic nitrogens is 5. The molecule has 0 aliphatic rings. The van der Waals surface area contributed by atoms with Crippen molar-refractivity contribution in [2.75, 3.05) is 5.32 Å². The van der Waals surface area contributed by atoms with Crippen molar-refractivity contribution in [1.29, 1.82) is 0 Å². The molecule has 3 rings (SSSR count). The van der Waals surface area contributed by atoms with Gasteiger partial charge < -0.3 is 5.32 Å². The van der Waals surface area contributed by atoms with E-state index >= 15 is 0 Å². The number of pyridine rings is 1. The van der Waals surface area contributed by atoms with Crippen molar-refractivity contribution in [1.82, 2.24) is 25.0 Å². The van der Waals surface area contributed by atoms with E-state index in [1.807, 2.05) is 27.0 Å². The minimum Gasteiger partial charge on any atom is -0.307 e. The molecule has 0 bridgehead atoms. The number of H-pyrrole nitrogens is 1. The van der Waals surface area contributed by atoms with E-state index in [0.717, 1.165) is 28.7 Å². The number of aryl methyl sites for hydroxylation is 3. The highest BCUT2D eigenvalue weighted by Crippen LogP contribution is 2.18. The summed E-state index contributed by atoms with van der Waals surface area (Å²) in [5.41, 5.74) is 3.08. The van der Waals surface area contributed by atoms with Crippen LogP contribution in [0.5, 0.6) is 0 Å². The van der Waals surface area contributed by atoms with Crippen molar-refractivity contribution < 1.29 is 4.79 Å². The van der Waals surface area contributed by atoms with E-state index in [-0.39, 0.29) is 5.91 Å². The van der Waals surface area contributed by atoms with Gasteiger partial charge in [0, 0.05) is 24.2 Å². The van der Waals surface area contributed by atoms with Gasteiger partial charge in [0.25, 0.3) is 5.91 Å². The number of hydrogen-bond acceptors (Lipinski definition) is 4. The van der Waals surface area contributed by atoms with Crippen LogP contribution in [0.4, 0.5) is 5.82 Å². The maximum absolute atomic E-state index is 12.3. The molecule has 7 heteroatoms. The van der Waals surface area contributed by atoms with Crippen LogP contribution in [0.1, 0.15) is 28.5 Å². The van der Waals surface area contributed by atoms with Crippen LogP contribution in [-0.2, 0) is 13.5 Å². The van der Waals surface area contributed by atoms with Gasteiger partial charge in [0.05, 0.1) is 17.5 Å². The standard InChI is InChI=1S/C14H16N6O/c1-4-9-7-16-18-12(9)17-14(21)10-5-11-8(2)19-20(3)13(11)15-6-10/h5-7H,4H2,1-3H3,(H2,16,17,18,21). The average Bonchev–Trinajstić information content (AvgIpc) is 3.03. The van der Waals surface area contributed by atoms with E-state index in [0.29, 0.717) is 11.4 Å². The number of nitrogens with zero attached hydrogens (tertiary/aromatic N) is 4. The van der Waals surface area contributed by atoms with Crippen molar-refractivity contribution in [2.45, 2.75) is 20.3 Å². The van der Waals surface area contributed by atoms with Crippen molar-refractivity contribution in [2.24, 2.45) is 7.05 Å². The summed E-state index contributed by atoms with van der Waals surface area (Å²) >= 11 is 0. The molecule has 21 heavy (non-hydrogen) atoms. The molecule has 0 fully saturated rings. The van der Waals surface area contributed by atoms with E-state index in [9.17, 15) is 4.79 Å². The Morgan fingerprint density at radius 2 is 2.24 bits per heavy atom. The smallest absolute Gasteiger partial charge is 0.258 e. The van der Waals surface area contributed by atoms with Crippen LogP contribution in [0.15, 0.2) is 18.5 Å². The van der Waals surface area contributed by atoms with E-state index in [1.165, 1.54) is 0 Å². The maximum atomic E-state index is 12.3. The van der Waals surface area contributed by atoms with E-state index in [2.05, 4.69) is 25.6 Å². The second kappa shape index (κ2) is 5.01. The van der Waals surface area contributed by atoms with Crippen molar-refractivity contribution in [3.05, 3.63) is 35.3 Å². The molecule has 0 aliphatic heterocycles. The molecular weight excluding hydrogens is 268 g/mol. The van der Waals surface area contributed by atoms with Crippen LogP contribution in [0.3, 0.4) is 0 Å². The summed E-state index contributed by atoms with van der Waals surface area (Å²) in [6, 6.07) is 1.81. The summed E-state index contributed by atoms with van der Waals surface area (Å²) < 4.78 is 1.70. The molecule has 3 aromatic rings. The summed E-state index contributed by atoms with van der Waals surface area (Å²) in [4.78, 5) is 16.6. The summed E-state index contributed by atoms with van der Waals surface area (Å²) in [5, 5.41) is 14.7. The molecule has 0 spiro atoms. The number of hydrogen-bond donors (Lipinski definition) is 2. The Bertz CT molecular complexity index is 816. The highest BCUT2D eigenvalue weighted by atomic mass is 16.1. The number of carbonyl (C=O) groups excluding carboxylic acids is 1. The third kappa shape index (κ3) is 2.26. The van der Waals surface area contributed by atoms with Gasteiger partial charge in [-0.05, 0) is 19.4 Å². The first kappa shape index (κ1) is 13.3. The molecule has 2 N–H and O–H groups in total. The predicted octanol–water partition coefficient (Wildman–Crippen LogP) is 1.81. The number of carbonyl (C=O) groups is 1. The fourth-order valence-corrected chi connectivity index (χ4v) is 2.31. The van der Waals surface area contributed by atoms with E-state index in [4.69, 9.17) is 0 Å². The predicted molar refractivity (Wildman–Crippen MR) is 79.2 cm³/mol. The van der Waals surface area contributed by atoms with Gasteiger partial charge in [-0.2, -0.15) is 10.2 Å². The van der Waals surface area contributed by atoms with Gasteiger partial charge in [-0.15, -0.1) is 0 Å². The van der Waals surface area contributed by atoms with Crippen LogP contribution in [-0.4, -0.2) is 30.9 Å². The fraction of sp³-hybridized carbons (Fsp3) is 0.286. The molecule has 108 valence electrons. The van der Waals surface area contributed by atoms with Gasteiger partial charge in [-0.1, -0.05) is 6.92 Å². The number of anilines is 1. The van der Waals surface area contributed by atoms with Gasteiger partial charge in [-0.25, -0.2) is 4.98 Å². The second-order valence-corrected chi connectivity index (χ2v) is 4.88. The molecular formula is C14H16N6O. The van der Waals surface area contributed by atoms with Crippen LogP contribution in [0.2, 0.25) is 0 Å². The van der Waals surface area contributed by atoms with Crippen LogP contribution in [0, 0.1) is 6.92 Å². The lowest BCUT2D eigenvalue weighted by Crippen LogP contribution is -2.13. The van der Waals surface area contributed by atoms with Crippen molar-refractivity contribution in [3.8, 4) is 0 Å². The highest BCUT2D eigenvalue weighted by molar-refractivity contribution is 6.05. The molecule has 0 unspecified atom stereocenters. The fourth-order valence-electron chi connectivity index (χ4n) is 2.31. The first-order valence-electron chi connectivity index (χ1n) is 6.73. The molecule has 3 aromatic heterocycles. The van der Waals surface area contributed by atoms with Gasteiger partial charge >= 0.3 is 0 Å². The van der Waals surface area contributed by atoms with Crippen molar-refractivity contribution in [3.63, 3.8) is 0 Å². The third-order valence-corrected chi connectivity index (χ3v) is 3.46. The van der Waals surface area contributed by atoms with Crippen LogP contribution >= 0.6 is 0 Å². The van der Waals surface area contributed by atoms with Gasteiger partial charge in [0.2, 0.25) is 0 Å². The zero-order valence-electron chi connectivity index (χ0n) is 12.1. The average molecular weight is 284 g/mol. The summed E-state index contributed by atoms with van der Waals surface area (Å²) in [6.45, 7) is 3.91. The topological polar surface area (TPSA) is 88.5 Å². The Morgan fingerprint density at radius 1 is 1.43 bits per heavy atom. The normalized spacial score (nSPS) is 11.0. The Labute approximate surface area is 121 Å². The second-order valence-electron chi connectivity index (χ2n) is 4.88. The van der Waals surface area contributed by atoms with Gasteiger partial charge in [0.1, 0.15) is 5.82 Å². The summed E-state index contributed by atoms with van der Waals surface area (Å²) in [5.74, 6) is 0.414. The van der Waals surface area contributed by atoms with E-state index < -0.39 is 0 Å². The molecule has 7 nitrogen and oxygen atoms in total. The largest absolute Gasteiger partial charge is 0.307 e. The molecule has 0 aliphatic carbocycles. The number of rotatable bonds is 3. The quantitative estimate of drug-likeness (QED) is 0.767. The summed E-state index contributed by atoms with van der Waals surface area (Å²) in [7, 11) is 1.83. The van der Waals surface area contributed by atoms with Gasteiger partial charge in [0.15, 0.2) is 5.65 Å². The lowest BCUT2D eigenvalue weighted by atomic mass is 10.2. The number of fused-ring (bicyclic) bond motifs is 1. The van der Waals surface area contributed by atoms with E-state index in [1.54, 1.807) is 17.1 Å². The molecule has 0 radical (unpaired) electrons. The number of aromatic amines is 1. The molecule has 0 atom stereocenters. The zero-order valence-corrected chi connectivity index (χ0v) is 12.1. The Morgan fingerprint density at radius 3 is 3.00 bits per heavy atom. The Balaban J connectivity index is 1.93. The maximum Gasteiger partial charge on any atom is 0.258 e. The van der Waals surface area contributed by atoms with Crippen molar-refractivity contribution >= 4 is 22.8 Å². The number of amides is 1. The SMILES string of the molecule is CCc1cn[nH]c1NC(=O)c1cnc2c(c1)c(C)nn2C. The summed E-state index contributed by atoms with van der Waals surface area (Å²) in [6.07, 6.45) is 4.06. The monoisotopic (exact) mass is 284 g/mol. The van der Waals surface area contributed by atoms with Gasteiger partial charge in [-0.3, -0.25) is 14.6 Å². The first-order chi connectivity index (χ1) is 10.1. The zero-order chi connectivity index (χ0) is 15.0. The lowest BCUT2D eigenvalue weighted by molar-refractivity contribution is 0.102. The van der Waals surface area contributed by atoms with Crippen LogP contribution in [0.25, 0.3) is 11.0 Å². The third-order valence-electron chi connectivity index (χ3n) is 3.46. The molecule has 0 aromatic carbocycles. The molecule has 0 saturated carbocycles. The minimum absolute atomic E-state index is 0.216. The first-order valence-corrected chi connectivity index (χ1v) is 6.73. The minimum atomic E-state index is -0.216. The molecule has 0 saturated heterocycles. The molecule has 3 heterocycles. The molecule has 1 amide bonds. The Hall–Kier alpha value is -2.70.